The lowest BCUT2D eigenvalue weighted by atomic mass is 9.78. The smallest absolute Gasteiger partial charge is 0.268 e. The summed E-state index contributed by atoms with van der Waals surface area (Å²) in [6.45, 7) is 49.3. The summed E-state index contributed by atoms with van der Waals surface area (Å²) in [5.41, 5.74) is -7.37. The van der Waals surface area contributed by atoms with Crippen LogP contribution >= 0.6 is 0 Å². The predicted octanol–water partition coefficient (Wildman–Crippen LogP) is 3.90. The van der Waals surface area contributed by atoms with Crippen molar-refractivity contribution >= 4 is 88.5 Å². The molecule has 0 bridgehead atoms. The summed E-state index contributed by atoms with van der Waals surface area (Å²) in [6.07, 6.45) is 1.24. The zero-order valence-corrected chi connectivity index (χ0v) is 76.2. The lowest BCUT2D eigenvalue weighted by Crippen LogP contribution is -2.66. The third kappa shape index (κ3) is 33.4. The van der Waals surface area contributed by atoms with Crippen LogP contribution in [0.1, 0.15) is 253 Å². The quantitative estimate of drug-likeness (QED) is 0.0303. The van der Waals surface area contributed by atoms with Crippen LogP contribution in [-0.2, 0) is 71.9 Å². The second-order valence-corrected chi connectivity index (χ2v) is 35.2. The Kier molecular flexibility index (Phi) is 44.0. The fraction of sp³-hybridized carbons (Fsp3) is 0.726. The van der Waals surface area contributed by atoms with E-state index in [-0.39, 0.29) is 78.4 Å². The Morgan fingerprint density at radius 1 is 0.359 bits per heavy atom. The predicted molar refractivity (Wildman–Crippen MR) is 449 cm³/mol. The summed E-state index contributed by atoms with van der Waals surface area (Å²) in [4.78, 5) is 214. The molecular weight excluding hydrogens is 1510 g/mol. The number of carbonyl (C=O) groups is 15. The van der Waals surface area contributed by atoms with Crippen LogP contribution in [0.2, 0.25) is 0 Å². The first-order chi connectivity index (χ1) is 53.5. The number of nitrogens with one attached hydrogen (secondary N) is 14. The molecular formula is C84H147N15O18. The molecule has 0 aromatic heterocycles. The van der Waals surface area contributed by atoms with Crippen molar-refractivity contribution in [3.63, 3.8) is 0 Å². The van der Waals surface area contributed by atoms with E-state index in [1.165, 1.54) is 69.2 Å². The van der Waals surface area contributed by atoms with Crippen molar-refractivity contribution in [1.29, 1.82) is 0 Å². The molecule has 33 nitrogen and oxygen atoms in total. The van der Waals surface area contributed by atoms with E-state index < -0.39 is 195 Å². The van der Waals surface area contributed by atoms with Crippen molar-refractivity contribution in [2.75, 3.05) is 20.6 Å². The second kappa shape index (κ2) is 47.6. The maximum atomic E-state index is 14.6. The molecule has 0 aromatic rings. The van der Waals surface area contributed by atoms with Crippen molar-refractivity contribution in [2.45, 2.75) is 330 Å². The molecule has 117 heavy (non-hydrogen) atoms. The van der Waals surface area contributed by atoms with E-state index in [0.717, 1.165) is 0 Å². The first-order valence-electron chi connectivity index (χ1n) is 40.9. The number of carbonyl (C=O) groups excluding carboxylic acids is 15. The molecule has 0 aliphatic heterocycles. The number of likely N-dealkylation sites (N-methyl/N-ethyl adjacent to an activating group) is 1. The summed E-state index contributed by atoms with van der Waals surface area (Å²) < 4.78 is 0. The third-order valence-corrected chi connectivity index (χ3v) is 20.8. The largest absolute Gasteiger partial charge is 0.388 e. The van der Waals surface area contributed by atoms with Gasteiger partial charge in [-0.1, -0.05) is 124 Å². The highest BCUT2D eigenvalue weighted by molar-refractivity contribution is 6.09. The Hall–Kier alpha value is -8.95. The number of rotatable bonds is 47. The van der Waals surface area contributed by atoms with Gasteiger partial charge in [-0.15, -0.1) is 0 Å². The molecule has 0 heterocycles. The van der Waals surface area contributed by atoms with E-state index >= 15 is 0 Å². The monoisotopic (exact) mass is 1650 g/mol. The van der Waals surface area contributed by atoms with Crippen LogP contribution < -0.4 is 74.4 Å². The van der Waals surface area contributed by atoms with Crippen molar-refractivity contribution in [2.24, 2.45) is 46.8 Å². The molecule has 17 N–H and O–H groups in total. The van der Waals surface area contributed by atoms with Crippen LogP contribution in [0.5, 0.6) is 0 Å². The van der Waals surface area contributed by atoms with E-state index in [1.54, 1.807) is 118 Å². The zero-order chi connectivity index (χ0) is 91.5. The molecule has 14 amide bonds. The van der Waals surface area contributed by atoms with E-state index in [0.29, 0.717) is 29.7 Å². The van der Waals surface area contributed by atoms with Gasteiger partial charge in [0.1, 0.15) is 82.6 Å². The second-order valence-electron chi connectivity index (χ2n) is 35.2. The molecule has 0 saturated heterocycles. The van der Waals surface area contributed by atoms with Gasteiger partial charge >= 0.3 is 0 Å². The van der Waals surface area contributed by atoms with Gasteiger partial charge in [-0.3, -0.25) is 71.9 Å². The van der Waals surface area contributed by atoms with Gasteiger partial charge in [-0.25, -0.2) is 0 Å². The third-order valence-electron chi connectivity index (χ3n) is 20.8. The summed E-state index contributed by atoms with van der Waals surface area (Å²) >= 11 is 0. The molecule has 666 valence electrons. The van der Waals surface area contributed by atoms with Gasteiger partial charge in [-0.05, 0) is 201 Å². The molecule has 0 radical (unpaired) electrons. The fourth-order valence-corrected chi connectivity index (χ4v) is 12.0. The Labute approximate surface area is 695 Å². The average Bonchev–Trinajstić information content (AvgIpc) is 0.783. The van der Waals surface area contributed by atoms with E-state index in [4.69, 9.17) is 0 Å². The number of Topliss-reactive ketones (excluding diaryl/α,β-unsaturated/α-hetero) is 1. The molecule has 0 fully saturated rings. The molecule has 0 spiro atoms. The highest BCUT2D eigenvalue weighted by atomic mass is 16.3. The molecule has 13 atom stereocenters. The summed E-state index contributed by atoms with van der Waals surface area (Å²) in [5, 5.41) is 71.1. The summed E-state index contributed by atoms with van der Waals surface area (Å²) in [6, 6.07) is -14.0. The van der Waals surface area contributed by atoms with Crippen molar-refractivity contribution in [3.8, 4) is 0 Å². The number of ketones is 1. The lowest BCUT2D eigenvalue weighted by Gasteiger charge is -2.35. The van der Waals surface area contributed by atoms with Crippen molar-refractivity contribution in [1.82, 2.24) is 79.3 Å². The van der Waals surface area contributed by atoms with Crippen LogP contribution in [0.4, 0.5) is 0 Å². The number of aliphatic hydroxyl groups is 3. The molecule has 0 aromatic carbocycles. The van der Waals surface area contributed by atoms with Gasteiger partial charge in [-0.2, -0.15) is 0 Å². The van der Waals surface area contributed by atoms with Crippen LogP contribution in [0, 0.1) is 46.8 Å². The van der Waals surface area contributed by atoms with Gasteiger partial charge in [0.15, 0.2) is 5.78 Å². The minimum Gasteiger partial charge on any atom is -0.388 e. The number of allylic oxidation sites excluding steroid dienone is 4. The maximum Gasteiger partial charge on any atom is 0.268 e. The topological polar surface area (TPSA) is 488 Å². The summed E-state index contributed by atoms with van der Waals surface area (Å²) in [7, 11) is 3.75. The van der Waals surface area contributed by atoms with Gasteiger partial charge in [0.25, 0.3) is 23.6 Å². The Balaban J connectivity index is 6.94. The summed E-state index contributed by atoms with van der Waals surface area (Å²) in [5.74, 6) is -15.9. The highest BCUT2D eigenvalue weighted by Gasteiger charge is 2.47. The van der Waals surface area contributed by atoms with Crippen LogP contribution in [0.15, 0.2) is 45.1 Å². The molecule has 13 unspecified atom stereocenters. The van der Waals surface area contributed by atoms with Gasteiger partial charge < -0.3 is 94.7 Å². The fourth-order valence-electron chi connectivity index (χ4n) is 12.0. The van der Waals surface area contributed by atoms with Crippen LogP contribution in [-0.4, -0.2) is 207 Å². The first kappa shape index (κ1) is 108. The molecule has 0 rings (SSSR count). The Morgan fingerprint density at radius 3 is 1.08 bits per heavy atom. The van der Waals surface area contributed by atoms with Gasteiger partial charge in [0.2, 0.25) is 59.1 Å². The highest BCUT2D eigenvalue weighted by Crippen LogP contribution is 2.28. The number of nitrogens with zero attached hydrogens (tertiary/aromatic N) is 1. The SMILES string of the molecule is CCC(C)=C(NC(=O)C(C)NC(=O)C(NC(=O)C(NC(=O)C(C)(C)C(=O)C(C)CC(C)C)C(C)(O)CC)=C(C)CC)C(=O)NC(C(=O)NC(C(=O)NC(C(=O)NC(C(=O)NC(C(=O)NC(C)C(=O)NC(C(=O)NC(C(=O)NC(C(=O)NC(CN(C)C)C(C)C)=C(C)C)C(C)C)C(C)C)=C(C)CC)C(C)(C)O)C(C)(C)O)C(C)CC)C(C)C. The Bertz CT molecular complexity index is 3660. The van der Waals surface area contributed by atoms with E-state index in [9.17, 15) is 87.2 Å². The normalized spacial score (nSPS) is 16.3. The molecule has 0 aliphatic carbocycles. The van der Waals surface area contributed by atoms with Crippen molar-refractivity contribution in [3.05, 3.63) is 45.1 Å². The number of amides is 14. The lowest BCUT2D eigenvalue weighted by molar-refractivity contribution is -0.147. The van der Waals surface area contributed by atoms with E-state index in [1.807, 2.05) is 46.7 Å². The zero-order valence-electron chi connectivity index (χ0n) is 76.2. The van der Waals surface area contributed by atoms with Crippen molar-refractivity contribution < 1.29 is 87.2 Å². The Morgan fingerprint density at radius 2 is 0.701 bits per heavy atom. The number of hydrogen-bond donors (Lipinski definition) is 17. The molecule has 33 heteroatoms. The first-order valence-corrected chi connectivity index (χ1v) is 40.9. The van der Waals surface area contributed by atoms with Crippen LogP contribution in [0.3, 0.4) is 0 Å². The van der Waals surface area contributed by atoms with Crippen LogP contribution in [0.25, 0.3) is 0 Å². The van der Waals surface area contributed by atoms with E-state index in [2.05, 4.69) is 74.4 Å². The minimum atomic E-state index is -2.15. The van der Waals surface area contributed by atoms with Gasteiger partial charge in [0.05, 0.1) is 16.8 Å². The molecule has 0 saturated carbocycles. The average molecular weight is 1660 g/mol. The number of hydrogen-bond acceptors (Lipinski definition) is 19. The standard InChI is InChI=1S/C84H147N15O18/c1-34-47(18)59(73(107)85-52(23)67(101)88-56(44(12)13)70(104)90-57(45(14)15)71(105)89-55(43(10)11)69(103)87-54(42(8)9)40-99(32)33)94-77(111)63(82(27,28)115)97-78(112)64(83(29,30)116)96-76(110)62(50(21)37-4)93-72(106)58(46(16)17)91-75(109)61(49(20)36-3)92-68(102)53(24)86-74(108)60(48(19)35-2)95-79(113)65(84(31,117)38-5)98-80(114)81(25,26)66(100)51(22)39-41(6)7/h41-42,44-46,50-54,56-58,62-65,115-117H,34-40H2,1-33H3,(H,85,107)(H,86,108)(H,87,103)(H,88,101)(H,89,105)(H,90,104)(H,91,109)(H,92,102)(H,93,106)(H,94,111)(H,95,113)(H,96,110)(H,97,112)(H,98,114). The minimum absolute atomic E-state index is 0.0135. The maximum absolute atomic E-state index is 14.6. The molecule has 0 aliphatic rings. The van der Waals surface area contributed by atoms with Gasteiger partial charge in [0, 0.05) is 18.5 Å².